The van der Waals surface area contributed by atoms with Gasteiger partial charge in [-0.25, -0.2) is 0 Å². The van der Waals surface area contributed by atoms with Crippen LogP contribution in [0.4, 0.5) is 13.2 Å². The first-order chi connectivity index (χ1) is 6.45. The van der Waals surface area contributed by atoms with Gasteiger partial charge in [0.1, 0.15) is 6.61 Å². The molecule has 3 nitrogen and oxygen atoms in total. The Morgan fingerprint density at radius 2 is 1.93 bits per heavy atom. The topological polar surface area (TPSA) is 35.5 Å². The van der Waals surface area contributed by atoms with Crippen LogP contribution in [0.3, 0.4) is 0 Å². The Labute approximate surface area is 80.2 Å². The van der Waals surface area contributed by atoms with E-state index in [-0.39, 0.29) is 32.0 Å². The van der Waals surface area contributed by atoms with Crippen LogP contribution in [0.1, 0.15) is 19.8 Å². The lowest BCUT2D eigenvalue weighted by Crippen LogP contribution is -2.18. The van der Waals surface area contributed by atoms with Gasteiger partial charge in [0.25, 0.3) is 0 Å². The predicted molar refractivity (Wildman–Crippen MR) is 42.7 cm³/mol. The van der Waals surface area contributed by atoms with Crippen molar-refractivity contribution in [3.63, 3.8) is 0 Å². The van der Waals surface area contributed by atoms with Crippen molar-refractivity contribution in [2.45, 2.75) is 25.9 Å². The minimum Gasteiger partial charge on any atom is -0.466 e. The molecule has 0 aromatic rings. The maximum Gasteiger partial charge on any atom is 0.411 e. The highest BCUT2D eigenvalue weighted by molar-refractivity contribution is 5.68. The number of hydrogen-bond acceptors (Lipinski definition) is 3. The van der Waals surface area contributed by atoms with Crippen LogP contribution < -0.4 is 0 Å². The molecule has 0 amide bonds. The van der Waals surface area contributed by atoms with E-state index in [9.17, 15) is 18.0 Å². The van der Waals surface area contributed by atoms with Gasteiger partial charge in [0.05, 0.1) is 13.2 Å². The fraction of sp³-hybridized carbons (Fsp3) is 0.875. The highest BCUT2D eigenvalue weighted by Gasteiger charge is 2.27. The molecule has 6 heteroatoms. The van der Waals surface area contributed by atoms with Gasteiger partial charge in [-0.15, -0.1) is 0 Å². The molecule has 14 heavy (non-hydrogen) atoms. The zero-order valence-electron chi connectivity index (χ0n) is 7.89. The second-order valence-electron chi connectivity index (χ2n) is 2.60. The lowest BCUT2D eigenvalue weighted by Gasteiger charge is -2.07. The third kappa shape index (κ3) is 9.31. The van der Waals surface area contributed by atoms with E-state index in [1.807, 2.05) is 0 Å². The van der Waals surface area contributed by atoms with Gasteiger partial charge in [-0.3, -0.25) is 4.79 Å². The number of carbonyl (C=O) groups is 1. The van der Waals surface area contributed by atoms with E-state index in [4.69, 9.17) is 0 Å². The third-order valence-electron chi connectivity index (χ3n) is 1.25. The Hall–Kier alpha value is -0.780. The van der Waals surface area contributed by atoms with Gasteiger partial charge >= 0.3 is 12.1 Å². The molecule has 0 aliphatic carbocycles. The maximum atomic E-state index is 11.5. The normalized spacial score (nSPS) is 11.4. The average molecular weight is 214 g/mol. The number of rotatable bonds is 6. The van der Waals surface area contributed by atoms with Crippen molar-refractivity contribution in [3.8, 4) is 0 Å². The van der Waals surface area contributed by atoms with Crippen molar-refractivity contribution >= 4 is 5.97 Å². The lowest BCUT2D eigenvalue weighted by atomic mass is 10.4. The molecule has 0 bridgehead atoms. The van der Waals surface area contributed by atoms with Crippen LogP contribution in [0.2, 0.25) is 0 Å². The summed E-state index contributed by atoms with van der Waals surface area (Å²) >= 11 is 0. The quantitative estimate of drug-likeness (QED) is 0.500. The van der Waals surface area contributed by atoms with Crippen molar-refractivity contribution < 1.29 is 27.4 Å². The van der Waals surface area contributed by atoms with E-state index in [1.165, 1.54) is 0 Å². The van der Waals surface area contributed by atoms with Crippen molar-refractivity contribution in [1.29, 1.82) is 0 Å². The van der Waals surface area contributed by atoms with E-state index in [1.54, 1.807) is 6.92 Å². The fourth-order valence-electron chi connectivity index (χ4n) is 0.637. The van der Waals surface area contributed by atoms with E-state index >= 15 is 0 Å². The van der Waals surface area contributed by atoms with Crippen LogP contribution >= 0.6 is 0 Å². The van der Waals surface area contributed by atoms with Crippen molar-refractivity contribution in [2.75, 3.05) is 19.8 Å². The highest BCUT2D eigenvalue weighted by Crippen LogP contribution is 2.14. The maximum absolute atomic E-state index is 11.5. The zero-order chi connectivity index (χ0) is 11.0. The van der Waals surface area contributed by atoms with Gasteiger partial charge in [0, 0.05) is 12.8 Å². The molecule has 0 atom stereocenters. The fourth-order valence-corrected chi connectivity index (χ4v) is 0.637. The smallest absolute Gasteiger partial charge is 0.411 e. The summed E-state index contributed by atoms with van der Waals surface area (Å²) in [5, 5.41) is 0. The predicted octanol–water partition coefficient (Wildman–Crippen LogP) is 1.91. The molecule has 0 spiro atoms. The van der Waals surface area contributed by atoms with Crippen molar-refractivity contribution in [2.24, 2.45) is 0 Å². The van der Waals surface area contributed by atoms with Crippen LogP contribution in [-0.4, -0.2) is 32.0 Å². The Kier molecular flexibility index (Phi) is 6.27. The zero-order valence-corrected chi connectivity index (χ0v) is 7.89. The van der Waals surface area contributed by atoms with Crippen molar-refractivity contribution in [1.82, 2.24) is 0 Å². The number of esters is 1. The SMILES string of the molecule is CCC(=O)OCCCOCC(F)(F)F. The third-order valence-corrected chi connectivity index (χ3v) is 1.25. The van der Waals surface area contributed by atoms with E-state index in [2.05, 4.69) is 9.47 Å². The van der Waals surface area contributed by atoms with Crippen LogP contribution in [0, 0.1) is 0 Å². The molecule has 0 N–H and O–H groups in total. The molecule has 0 aromatic heterocycles. The Morgan fingerprint density at radius 3 is 2.43 bits per heavy atom. The highest BCUT2D eigenvalue weighted by atomic mass is 19.4. The van der Waals surface area contributed by atoms with Gasteiger partial charge in [0.15, 0.2) is 0 Å². The second kappa shape index (κ2) is 6.64. The molecule has 0 aliphatic heterocycles. The Bertz CT molecular complexity index is 168. The minimum atomic E-state index is -4.29. The molecule has 0 unspecified atom stereocenters. The first-order valence-electron chi connectivity index (χ1n) is 4.26. The number of carbonyl (C=O) groups excluding carboxylic acids is 1. The van der Waals surface area contributed by atoms with E-state index < -0.39 is 12.8 Å². The molecule has 0 heterocycles. The summed E-state index contributed by atoms with van der Waals surface area (Å²) < 4.78 is 43.5. The minimum absolute atomic E-state index is 0.0590. The summed E-state index contributed by atoms with van der Waals surface area (Å²) in [6.07, 6.45) is -3.74. The summed E-state index contributed by atoms with van der Waals surface area (Å²) in [5.74, 6) is -0.360. The molecule has 0 radical (unpaired) electrons. The van der Waals surface area contributed by atoms with Crippen LogP contribution in [0.25, 0.3) is 0 Å². The Balaban J connectivity index is 3.18. The summed E-state index contributed by atoms with van der Waals surface area (Å²) in [4.78, 5) is 10.6. The van der Waals surface area contributed by atoms with E-state index in [0.29, 0.717) is 0 Å². The first-order valence-corrected chi connectivity index (χ1v) is 4.26. The Morgan fingerprint density at radius 1 is 1.29 bits per heavy atom. The molecule has 0 aromatic carbocycles. The van der Waals surface area contributed by atoms with Crippen LogP contribution in [0.5, 0.6) is 0 Å². The second-order valence-corrected chi connectivity index (χ2v) is 2.60. The van der Waals surface area contributed by atoms with Crippen LogP contribution in [0.15, 0.2) is 0 Å². The molecule has 0 fully saturated rings. The molecular weight excluding hydrogens is 201 g/mol. The van der Waals surface area contributed by atoms with E-state index in [0.717, 1.165) is 0 Å². The standard InChI is InChI=1S/C8H13F3O3/c1-2-7(12)14-5-3-4-13-6-8(9,10)11/h2-6H2,1H3. The molecule has 0 saturated heterocycles. The summed E-state index contributed by atoms with van der Waals surface area (Å²) in [6.45, 7) is 0.429. The molecule has 84 valence electrons. The number of ether oxygens (including phenoxy) is 2. The van der Waals surface area contributed by atoms with Gasteiger partial charge in [0.2, 0.25) is 0 Å². The number of halogens is 3. The number of alkyl halides is 3. The van der Waals surface area contributed by atoms with Crippen LogP contribution in [-0.2, 0) is 14.3 Å². The largest absolute Gasteiger partial charge is 0.466 e. The molecule has 0 rings (SSSR count). The average Bonchev–Trinajstić information content (AvgIpc) is 2.08. The van der Waals surface area contributed by atoms with Gasteiger partial charge in [-0.2, -0.15) is 13.2 Å². The van der Waals surface area contributed by atoms with Gasteiger partial charge in [-0.1, -0.05) is 6.92 Å². The summed E-state index contributed by atoms with van der Waals surface area (Å²) in [7, 11) is 0. The van der Waals surface area contributed by atoms with Gasteiger partial charge in [-0.05, 0) is 0 Å². The lowest BCUT2D eigenvalue weighted by molar-refractivity contribution is -0.175. The first kappa shape index (κ1) is 13.2. The van der Waals surface area contributed by atoms with Gasteiger partial charge < -0.3 is 9.47 Å². The summed E-state index contributed by atoms with van der Waals surface area (Å²) in [5.41, 5.74) is 0. The van der Waals surface area contributed by atoms with Crippen molar-refractivity contribution in [3.05, 3.63) is 0 Å². The number of hydrogen-bond donors (Lipinski definition) is 0. The summed E-state index contributed by atoms with van der Waals surface area (Å²) in [6, 6.07) is 0. The molecule has 0 saturated carbocycles. The monoisotopic (exact) mass is 214 g/mol. The molecular formula is C8H13F3O3. The molecule has 0 aliphatic rings.